The highest BCUT2D eigenvalue weighted by atomic mass is 32.2. The maximum absolute atomic E-state index is 12.6. The molecule has 2 aromatic carbocycles. The number of rotatable bonds is 5. The van der Waals surface area contributed by atoms with Crippen molar-refractivity contribution in [2.24, 2.45) is 0 Å². The molecule has 0 heterocycles. The van der Waals surface area contributed by atoms with Crippen LogP contribution in [0.15, 0.2) is 60.7 Å². The Bertz CT molecular complexity index is 729. The van der Waals surface area contributed by atoms with Gasteiger partial charge in [0.15, 0.2) is 0 Å². The number of benzene rings is 2. The average Bonchev–Trinajstić information content (AvgIpc) is 2.54. The Morgan fingerprint density at radius 2 is 1.48 bits per heavy atom. The number of hydrogen-bond acceptors (Lipinski definition) is 4. The SMILES string of the molecule is CNS(=O)(=O)C(O)(C(=O)c1ccccc1)c1ccccc1. The molecule has 0 aliphatic heterocycles. The van der Waals surface area contributed by atoms with Crippen LogP contribution < -0.4 is 4.72 Å². The minimum atomic E-state index is -4.30. The standard InChI is InChI=1S/C15H15NO4S/c1-16-21(19,20)15(18,13-10-6-3-7-11-13)14(17)12-8-4-2-5-9-12/h2-11,16,18H,1H3. The average molecular weight is 305 g/mol. The van der Waals surface area contributed by atoms with E-state index in [1.54, 1.807) is 36.4 Å². The molecule has 1 atom stereocenters. The summed E-state index contributed by atoms with van der Waals surface area (Å²) in [5, 5.41) is 10.7. The fourth-order valence-electron chi connectivity index (χ4n) is 2.01. The van der Waals surface area contributed by atoms with E-state index in [0.717, 1.165) is 7.05 Å². The van der Waals surface area contributed by atoms with Gasteiger partial charge in [-0.15, -0.1) is 0 Å². The van der Waals surface area contributed by atoms with Crippen LogP contribution in [0.4, 0.5) is 0 Å². The van der Waals surface area contributed by atoms with Gasteiger partial charge in [0.25, 0.3) is 15.0 Å². The summed E-state index contributed by atoms with van der Waals surface area (Å²) >= 11 is 0. The highest BCUT2D eigenvalue weighted by Gasteiger charge is 2.50. The van der Waals surface area contributed by atoms with Crippen molar-refractivity contribution >= 4 is 15.8 Å². The van der Waals surface area contributed by atoms with E-state index in [0.29, 0.717) is 0 Å². The Kier molecular flexibility index (Phi) is 4.22. The van der Waals surface area contributed by atoms with Crippen molar-refractivity contribution in [3.63, 3.8) is 0 Å². The van der Waals surface area contributed by atoms with E-state index in [9.17, 15) is 18.3 Å². The molecule has 0 amide bonds. The lowest BCUT2D eigenvalue weighted by molar-refractivity contribution is 0.0626. The van der Waals surface area contributed by atoms with E-state index in [-0.39, 0.29) is 11.1 Å². The lowest BCUT2D eigenvalue weighted by atomic mass is 9.99. The van der Waals surface area contributed by atoms with Crippen molar-refractivity contribution in [1.82, 2.24) is 4.72 Å². The lowest BCUT2D eigenvalue weighted by Gasteiger charge is -2.26. The molecular formula is C15H15NO4S. The first-order valence-electron chi connectivity index (χ1n) is 6.24. The Morgan fingerprint density at radius 1 is 1.00 bits per heavy atom. The smallest absolute Gasteiger partial charge is 0.269 e. The van der Waals surface area contributed by atoms with Gasteiger partial charge in [-0.05, 0) is 7.05 Å². The van der Waals surface area contributed by atoms with E-state index < -0.39 is 20.7 Å². The number of sulfonamides is 1. The topological polar surface area (TPSA) is 83.5 Å². The first-order valence-corrected chi connectivity index (χ1v) is 7.72. The molecule has 0 spiro atoms. The molecule has 0 saturated carbocycles. The Hall–Kier alpha value is -2.02. The largest absolute Gasteiger partial charge is 0.364 e. The Labute approximate surface area is 123 Å². The molecule has 21 heavy (non-hydrogen) atoms. The number of aliphatic hydroxyl groups is 1. The van der Waals surface area contributed by atoms with Gasteiger partial charge in [0.05, 0.1) is 0 Å². The molecular weight excluding hydrogens is 290 g/mol. The number of carbonyl (C=O) groups is 1. The van der Waals surface area contributed by atoms with Crippen LogP contribution >= 0.6 is 0 Å². The van der Waals surface area contributed by atoms with Crippen LogP contribution in [-0.2, 0) is 15.0 Å². The lowest BCUT2D eigenvalue weighted by Crippen LogP contribution is -2.48. The summed E-state index contributed by atoms with van der Waals surface area (Å²) in [5.74, 6) is -0.899. The zero-order valence-electron chi connectivity index (χ0n) is 11.4. The van der Waals surface area contributed by atoms with E-state index in [1.165, 1.54) is 24.3 Å². The third kappa shape index (κ3) is 2.61. The summed E-state index contributed by atoms with van der Waals surface area (Å²) in [6.07, 6.45) is 0. The van der Waals surface area contributed by atoms with Crippen molar-refractivity contribution < 1.29 is 18.3 Å². The Balaban J connectivity index is 2.66. The molecule has 110 valence electrons. The van der Waals surface area contributed by atoms with Gasteiger partial charge in [-0.25, -0.2) is 13.1 Å². The van der Waals surface area contributed by atoms with Crippen molar-refractivity contribution in [3.8, 4) is 0 Å². The summed E-state index contributed by atoms with van der Waals surface area (Å²) in [5.41, 5.74) is 0.107. The van der Waals surface area contributed by atoms with E-state index in [1.807, 2.05) is 4.72 Å². The zero-order valence-corrected chi connectivity index (χ0v) is 12.2. The van der Waals surface area contributed by atoms with E-state index in [2.05, 4.69) is 0 Å². The van der Waals surface area contributed by atoms with E-state index >= 15 is 0 Å². The van der Waals surface area contributed by atoms with Gasteiger partial charge in [0.1, 0.15) is 0 Å². The monoisotopic (exact) mass is 305 g/mol. The highest BCUT2D eigenvalue weighted by Crippen LogP contribution is 2.30. The maximum atomic E-state index is 12.6. The molecule has 0 aliphatic rings. The summed E-state index contributed by atoms with van der Waals surface area (Å²) < 4.78 is 26.5. The number of carbonyl (C=O) groups excluding carboxylic acids is 1. The van der Waals surface area contributed by atoms with Crippen LogP contribution in [-0.4, -0.2) is 26.4 Å². The Morgan fingerprint density at radius 3 is 1.95 bits per heavy atom. The highest BCUT2D eigenvalue weighted by molar-refractivity contribution is 7.91. The normalized spacial score (nSPS) is 14.4. The second kappa shape index (κ2) is 5.77. The second-order valence-corrected chi connectivity index (χ2v) is 6.42. The predicted molar refractivity (Wildman–Crippen MR) is 79.1 cm³/mol. The van der Waals surface area contributed by atoms with Crippen LogP contribution in [0.25, 0.3) is 0 Å². The molecule has 2 N–H and O–H groups in total. The molecule has 0 radical (unpaired) electrons. The molecule has 1 unspecified atom stereocenters. The quantitative estimate of drug-likeness (QED) is 0.815. The van der Waals surface area contributed by atoms with Gasteiger partial charge in [-0.3, -0.25) is 4.79 Å². The van der Waals surface area contributed by atoms with Crippen molar-refractivity contribution in [2.75, 3.05) is 7.05 Å². The van der Waals surface area contributed by atoms with Crippen LogP contribution in [0.5, 0.6) is 0 Å². The molecule has 0 saturated heterocycles. The minimum Gasteiger partial charge on any atom is -0.364 e. The van der Waals surface area contributed by atoms with Crippen molar-refractivity contribution in [3.05, 3.63) is 71.8 Å². The molecule has 0 aliphatic carbocycles. The van der Waals surface area contributed by atoms with Crippen molar-refractivity contribution in [1.29, 1.82) is 0 Å². The molecule has 0 fully saturated rings. The maximum Gasteiger partial charge on any atom is 0.269 e. The first-order chi connectivity index (χ1) is 9.93. The van der Waals surface area contributed by atoms with Gasteiger partial charge in [0, 0.05) is 11.1 Å². The number of nitrogens with one attached hydrogen (secondary N) is 1. The van der Waals surface area contributed by atoms with Crippen molar-refractivity contribution in [2.45, 2.75) is 4.93 Å². The van der Waals surface area contributed by atoms with Gasteiger partial charge < -0.3 is 5.11 Å². The molecule has 0 aromatic heterocycles. The third-order valence-electron chi connectivity index (χ3n) is 3.17. The molecule has 2 aromatic rings. The minimum absolute atomic E-state index is 0.00629. The fraction of sp³-hybridized carbons (Fsp3) is 0.133. The van der Waals surface area contributed by atoms with Gasteiger partial charge in [-0.2, -0.15) is 0 Å². The summed E-state index contributed by atoms with van der Waals surface area (Å²) in [4.78, 5) is 9.93. The molecule has 5 nitrogen and oxygen atoms in total. The van der Waals surface area contributed by atoms with Gasteiger partial charge >= 0.3 is 0 Å². The third-order valence-corrected chi connectivity index (χ3v) is 4.90. The van der Waals surface area contributed by atoms with Crippen LogP contribution in [0.2, 0.25) is 0 Å². The fourth-order valence-corrected chi connectivity index (χ4v) is 3.11. The summed E-state index contributed by atoms with van der Waals surface area (Å²) in [7, 11) is -3.15. The van der Waals surface area contributed by atoms with Gasteiger partial charge in [-0.1, -0.05) is 60.7 Å². The second-order valence-electron chi connectivity index (χ2n) is 4.41. The van der Waals surface area contributed by atoms with Crippen LogP contribution in [0.1, 0.15) is 15.9 Å². The molecule has 0 bridgehead atoms. The van der Waals surface area contributed by atoms with E-state index in [4.69, 9.17) is 0 Å². The van der Waals surface area contributed by atoms with Crippen LogP contribution in [0, 0.1) is 0 Å². The molecule has 2 rings (SSSR count). The van der Waals surface area contributed by atoms with Gasteiger partial charge in [0.2, 0.25) is 5.78 Å². The predicted octanol–water partition coefficient (Wildman–Crippen LogP) is 1.26. The summed E-state index contributed by atoms with van der Waals surface area (Å²) in [6.45, 7) is 0. The molecule has 6 heteroatoms. The number of Topliss-reactive ketones (excluding diaryl/α,β-unsaturated/α-hetero) is 1. The zero-order chi connectivity index (χ0) is 15.5. The number of ketones is 1. The first kappa shape index (κ1) is 15.4. The number of hydrogen-bond donors (Lipinski definition) is 2. The van der Waals surface area contributed by atoms with Crippen LogP contribution in [0.3, 0.4) is 0 Å². The summed E-state index contributed by atoms with van der Waals surface area (Å²) in [6, 6.07) is 15.4.